The van der Waals surface area contributed by atoms with E-state index in [9.17, 15) is 5.11 Å². The zero-order valence-corrected chi connectivity index (χ0v) is 8.13. The molecule has 0 aliphatic carbocycles. The van der Waals surface area contributed by atoms with Crippen LogP contribution in [0.1, 0.15) is 25.1 Å². The first-order chi connectivity index (χ1) is 5.49. The topological polar surface area (TPSA) is 38.0 Å². The number of aromatic nitrogens is 2. The summed E-state index contributed by atoms with van der Waals surface area (Å²) in [5.74, 6) is 0. The Morgan fingerprint density at radius 2 is 2.17 bits per heavy atom. The van der Waals surface area contributed by atoms with Crippen LogP contribution in [0.5, 0.6) is 0 Å². The van der Waals surface area contributed by atoms with E-state index in [0.717, 1.165) is 11.3 Å². The second-order valence-electron chi connectivity index (χ2n) is 3.84. The van der Waals surface area contributed by atoms with E-state index in [4.69, 9.17) is 0 Å². The predicted octanol–water partition coefficient (Wildman–Crippen LogP) is 0.998. The third kappa shape index (κ3) is 1.37. The van der Waals surface area contributed by atoms with E-state index in [1.54, 1.807) is 0 Å². The van der Waals surface area contributed by atoms with Gasteiger partial charge in [0.1, 0.15) is 0 Å². The molecular weight excluding hydrogens is 152 g/mol. The maximum absolute atomic E-state index is 9.17. The van der Waals surface area contributed by atoms with Crippen molar-refractivity contribution < 1.29 is 5.11 Å². The molecule has 0 amide bonds. The smallest absolute Gasteiger partial charge is 0.0537 e. The molecular formula is C9H16N2O. The molecule has 12 heavy (non-hydrogen) atoms. The molecule has 68 valence electrons. The Morgan fingerprint density at radius 1 is 1.58 bits per heavy atom. The highest BCUT2D eigenvalue weighted by molar-refractivity contribution is 5.23. The van der Waals surface area contributed by atoms with Crippen molar-refractivity contribution >= 4 is 0 Å². The van der Waals surface area contributed by atoms with Gasteiger partial charge in [-0.25, -0.2) is 0 Å². The van der Waals surface area contributed by atoms with Crippen molar-refractivity contribution in [3.63, 3.8) is 0 Å². The van der Waals surface area contributed by atoms with Gasteiger partial charge >= 0.3 is 0 Å². The number of aliphatic hydroxyl groups is 1. The first-order valence-corrected chi connectivity index (χ1v) is 4.09. The van der Waals surface area contributed by atoms with Crippen molar-refractivity contribution in [3.8, 4) is 0 Å². The van der Waals surface area contributed by atoms with Gasteiger partial charge in [-0.1, -0.05) is 13.8 Å². The van der Waals surface area contributed by atoms with E-state index in [1.807, 2.05) is 38.7 Å². The van der Waals surface area contributed by atoms with Crippen LogP contribution in [0.3, 0.4) is 0 Å². The van der Waals surface area contributed by atoms with Gasteiger partial charge in [0.25, 0.3) is 0 Å². The summed E-state index contributed by atoms with van der Waals surface area (Å²) in [6.07, 6.45) is 1.83. The zero-order chi connectivity index (χ0) is 9.35. The molecule has 0 aliphatic rings. The van der Waals surface area contributed by atoms with Gasteiger partial charge in [-0.2, -0.15) is 5.10 Å². The predicted molar refractivity (Wildman–Crippen MR) is 48.1 cm³/mol. The van der Waals surface area contributed by atoms with Crippen LogP contribution in [0.4, 0.5) is 0 Å². The molecule has 1 heterocycles. The summed E-state index contributed by atoms with van der Waals surface area (Å²) in [6.45, 7) is 6.18. The molecule has 0 fully saturated rings. The van der Waals surface area contributed by atoms with Crippen LogP contribution in [0.2, 0.25) is 0 Å². The number of rotatable bonds is 2. The van der Waals surface area contributed by atoms with E-state index < -0.39 is 0 Å². The van der Waals surface area contributed by atoms with Crippen LogP contribution >= 0.6 is 0 Å². The maximum atomic E-state index is 9.17. The quantitative estimate of drug-likeness (QED) is 0.715. The van der Waals surface area contributed by atoms with Gasteiger partial charge in [0.05, 0.1) is 12.8 Å². The molecule has 0 aromatic carbocycles. The van der Waals surface area contributed by atoms with E-state index in [1.165, 1.54) is 0 Å². The molecule has 1 N–H and O–H groups in total. The summed E-state index contributed by atoms with van der Waals surface area (Å²) in [4.78, 5) is 0. The van der Waals surface area contributed by atoms with Gasteiger partial charge in [-0.05, 0) is 12.5 Å². The Kier molecular flexibility index (Phi) is 2.24. The first kappa shape index (κ1) is 9.26. The molecule has 1 rings (SSSR count). The Morgan fingerprint density at radius 3 is 2.50 bits per heavy atom. The largest absolute Gasteiger partial charge is 0.395 e. The summed E-state index contributed by atoms with van der Waals surface area (Å²) in [5.41, 5.74) is 2.04. The average Bonchev–Trinajstić information content (AvgIpc) is 2.31. The van der Waals surface area contributed by atoms with Crippen molar-refractivity contribution in [2.45, 2.75) is 26.2 Å². The lowest BCUT2D eigenvalue weighted by Gasteiger charge is -2.22. The molecule has 1 aromatic rings. The molecule has 0 bridgehead atoms. The summed E-state index contributed by atoms with van der Waals surface area (Å²) in [6, 6.07) is 0. The Bertz CT molecular complexity index is 257. The maximum Gasteiger partial charge on any atom is 0.0537 e. The number of aryl methyl sites for hydroxylation is 2. The fourth-order valence-electron chi connectivity index (χ4n) is 1.59. The van der Waals surface area contributed by atoms with Crippen molar-refractivity contribution in [2.24, 2.45) is 7.05 Å². The highest BCUT2D eigenvalue weighted by Crippen LogP contribution is 2.24. The van der Waals surface area contributed by atoms with E-state index >= 15 is 0 Å². The van der Waals surface area contributed by atoms with Crippen LogP contribution in [0.25, 0.3) is 0 Å². The SMILES string of the molecule is Cc1cnn(C)c1C(C)(C)CO. The van der Waals surface area contributed by atoms with Crippen molar-refractivity contribution in [3.05, 3.63) is 17.5 Å². The number of hydrogen-bond acceptors (Lipinski definition) is 2. The minimum Gasteiger partial charge on any atom is -0.395 e. The van der Waals surface area contributed by atoms with Gasteiger partial charge in [-0.15, -0.1) is 0 Å². The van der Waals surface area contributed by atoms with Crippen LogP contribution in [-0.4, -0.2) is 21.5 Å². The second kappa shape index (κ2) is 2.90. The van der Waals surface area contributed by atoms with Crippen molar-refractivity contribution in [2.75, 3.05) is 6.61 Å². The van der Waals surface area contributed by atoms with Gasteiger partial charge in [-0.3, -0.25) is 4.68 Å². The normalized spacial score (nSPS) is 12.1. The van der Waals surface area contributed by atoms with E-state index in [2.05, 4.69) is 5.10 Å². The van der Waals surface area contributed by atoms with Crippen LogP contribution in [-0.2, 0) is 12.5 Å². The molecule has 0 aliphatic heterocycles. The molecule has 1 aromatic heterocycles. The third-order valence-electron chi connectivity index (χ3n) is 2.16. The molecule has 3 nitrogen and oxygen atoms in total. The van der Waals surface area contributed by atoms with Crippen LogP contribution in [0.15, 0.2) is 6.20 Å². The molecule has 0 unspecified atom stereocenters. The highest BCUT2D eigenvalue weighted by atomic mass is 16.3. The standard InChI is InChI=1S/C9H16N2O/c1-7-5-10-11(4)8(7)9(2,3)6-12/h5,12H,6H2,1-4H3. The van der Waals surface area contributed by atoms with Gasteiger partial charge in [0.15, 0.2) is 0 Å². The van der Waals surface area contributed by atoms with Crippen molar-refractivity contribution in [1.29, 1.82) is 0 Å². The van der Waals surface area contributed by atoms with Gasteiger partial charge in [0, 0.05) is 18.2 Å². The fourth-order valence-corrected chi connectivity index (χ4v) is 1.59. The zero-order valence-electron chi connectivity index (χ0n) is 8.13. The van der Waals surface area contributed by atoms with Crippen LogP contribution < -0.4 is 0 Å². The molecule has 0 saturated carbocycles. The Labute approximate surface area is 73.0 Å². The molecule has 0 spiro atoms. The minimum absolute atomic E-state index is 0.146. The van der Waals surface area contributed by atoms with Gasteiger partial charge in [0.2, 0.25) is 0 Å². The summed E-state index contributed by atoms with van der Waals surface area (Å²) >= 11 is 0. The number of hydrogen-bond donors (Lipinski definition) is 1. The van der Waals surface area contributed by atoms with Crippen molar-refractivity contribution in [1.82, 2.24) is 9.78 Å². The lowest BCUT2D eigenvalue weighted by atomic mass is 9.88. The fraction of sp³-hybridized carbons (Fsp3) is 0.667. The van der Waals surface area contributed by atoms with E-state index in [-0.39, 0.29) is 12.0 Å². The second-order valence-corrected chi connectivity index (χ2v) is 3.84. The van der Waals surface area contributed by atoms with Crippen LogP contribution in [0, 0.1) is 6.92 Å². The molecule has 0 saturated heterocycles. The number of nitrogens with zero attached hydrogens (tertiary/aromatic N) is 2. The summed E-state index contributed by atoms with van der Waals surface area (Å²) < 4.78 is 1.82. The Hall–Kier alpha value is -0.830. The summed E-state index contributed by atoms with van der Waals surface area (Å²) in [5, 5.41) is 13.3. The minimum atomic E-state index is -0.199. The van der Waals surface area contributed by atoms with Gasteiger partial charge < -0.3 is 5.11 Å². The third-order valence-corrected chi connectivity index (χ3v) is 2.16. The first-order valence-electron chi connectivity index (χ1n) is 4.09. The Balaban J connectivity index is 3.17. The lowest BCUT2D eigenvalue weighted by Crippen LogP contribution is -2.26. The molecule has 3 heteroatoms. The van der Waals surface area contributed by atoms with E-state index in [0.29, 0.717) is 0 Å². The highest BCUT2D eigenvalue weighted by Gasteiger charge is 2.24. The monoisotopic (exact) mass is 168 g/mol. The number of aliphatic hydroxyl groups excluding tert-OH is 1. The molecule has 0 atom stereocenters. The summed E-state index contributed by atoms with van der Waals surface area (Å²) in [7, 11) is 1.90. The average molecular weight is 168 g/mol. The molecule has 0 radical (unpaired) electrons. The lowest BCUT2D eigenvalue weighted by molar-refractivity contribution is 0.211.